The summed E-state index contributed by atoms with van der Waals surface area (Å²) in [5.41, 5.74) is 2.88. The molecule has 3 rings (SSSR count). The van der Waals surface area contributed by atoms with Crippen molar-refractivity contribution >= 4 is 34.0 Å². The van der Waals surface area contributed by atoms with Gasteiger partial charge in [-0.3, -0.25) is 0 Å². The van der Waals surface area contributed by atoms with Crippen LogP contribution in [0.3, 0.4) is 0 Å². The van der Waals surface area contributed by atoms with Crippen molar-refractivity contribution in [3.05, 3.63) is 52.4 Å². The van der Waals surface area contributed by atoms with Crippen LogP contribution in [0.2, 0.25) is 0 Å². The molecule has 3 aromatic rings. The minimum Gasteiger partial charge on any atom is -0.493 e. The van der Waals surface area contributed by atoms with E-state index < -0.39 is 0 Å². The van der Waals surface area contributed by atoms with Crippen LogP contribution in [0.4, 0.5) is 0 Å². The lowest BCUT2D eigenvalue weighted by Gasteiger charge is -2.15. The first-order chi connectivity index (χ1) is 12.2. The van der Waals surface area contributed by atoms with E-state index in [0.717, 1.165) is 21.4 Å². The Hall–Kier alpha value is -1.96. The number of ether oxygens (including phenoxy) is 3. The van der Waals surface area contributed by atoms with E-state index in [9.17, 15) is 0 Å². The van der Waals surface area contributed by atoms with E-state index >= 15 is 0 Å². The molecule has 8 heteroatoms. The lowest BCUT2D eigenvalue weighted by atomic mass is 10.1. The van der Waals surface area contributed by atoms with Crippen molar-refractivity contribution in [2.24, 2.45) is 0 Å². The number of pyridine rings is 1. The summed E-state index contributed by atoms with van der Waals surface area (Å²) in [4.78, 5) is 4.59. The number of nitrogens with zero attached hydrogens (tertiary/aromatic N) is 2. The third-order valence-corrected chi connectivity index (χ3v) is 4.34. The van der Waals surface area contributed by atoms with E-state index in [0.29, 0.717) is 30.3 Å². The Labute approximate surface area is 167 Å². The maximum atomic E-state index is 5.50. The smallest absolute Gasteiger partial charge is 0.203 e. The molecular formula is C18H21BrClN3O3. The van der Waals surface area contributed by atoms with Crippen LogP contribution < -0.4 is 19.5 Å². The lowest BCUT2D eigenvalue weighted by Crippen LogP contribution is -2.14. The van der Waals surface area contributed by atoms with E-state index in [1.807, 2.05) is 41.1 Å². The normalized spacial score (nSPS) is 10.5. The Balaban J connectivity index is 0.00000243. The molecule has 140 valence electrons. The third kappa shape index (κ3) is 4.23. The molecule has 2 aromatic heterocycles. The molecule has 1 N–H and O–H groups in total. The summed E-state index contributed by atoms with van der Waals surface area (Å²) >= 11 is 3.47. The second-order valence-corrected chi connectivity index (χ2v) is 6.36. The topological polar surface area (TPSA) is 57.0 Å². The van der Waals surface area contributed by atoms with Gasteiger partial charge in [-0.25, -0.2) is 4.98 Å². The van der Waals surface area contributed by atoms with Crippen LogP contribution in [-0.4, -0.2) is 30.7 Å². The Morgan fingerprint density at radius 1 is 0.962 bits per heavy atom. The highest BCUT2D eigenvalue weighted by atomic mass is 79.9. The summed E-state index contributed by atoms with van der Waals surface area (Å²) < 4.78 is 19.2. The van der Waals surface area contributed by atoms with Crippen molar-refractivity contribution < 1.29 is 14.2 Å². The largest absolute Gasteiger partial charge is 0.493 e. The molecule has 0 spiro atoms. The number of rotatable bonds is 7. The number of halogens is 2. The number of fused-ring (bicyclic) bond motifs is 1. The van der Waals surface area contributed by atoms with Crippen molar-refractivity contribution in [2.75, 3.05) is 21.3 Å². The van der Waals surface area contributed by atoms with E-state index in [1.165, 1.54) is 0 Å². The quantitative estimate of drug-likeness (QED) is 0.602. The molecule has 2 heterocycles. The number of aromatic nitrogens is 2. The Kier molecular flexibility index (Phi) is 7.14. The van der Waals surface area contributed by atoms with Gasteiger partial charge in [-0.15, -0.1) is 12.4 Å². The highest BCUT2D eigenvalue weighted by Gasteiger charge is 2.15. The van der Waals surface area contributed by atoms with Gasteiger partial charge in [0, 0.05) is 35.5 Å². The summed E-state index contributed by atoms with van der Waals surface area (Å²) in [6.07, 6.45) is 4.00. The van der Waals surface area contributed by atoms with Gasteiger partial charge in [-0.2, -0.15) is 0 Å². The van der Waals surface area contributed by atoms with Crippen molar-refractivity contribution in [3.8, 4) is 17.2 Å². The molecule has 0 radical (unpaired) electrons. The molecular weight excluding hydrogens is 422 g/mol. The average molecular weight is 443 g/mol. The van der Waals surface area contributed by atoms with E-state index in [-0.39, 0.29) is 12.4 Å². The summed E-state index contributed by atoms with van der Waals surface area (Å²) in [7, 11) is 4.84. The first kappa shape index (κ1) is 20.4. The van der Waals surface area contributed by atoms with Crippen molar-refractivity contribution in [1.29, 1.82) is 0 Å². The van der Waals surface area contributed by atoms with E-state index in [2.05, 4.69) is 26.2 Å². The molecule has 0 saturated heterocycles. The highest BCUT2D eigenvalue weighted by Crippen LogP contribution is 2.39. The number of methoxy groups -OCH3 is 3. The second kappa shape index (κ2) is 9.12. The molecule has 0 unspecified atom stereocenters. The van der Waals surface area contributed by atoms with Gasteiger partial charge in [-0.05, 0) is 34.1 Å². The Morgan fingerprint density at radius 2 is 1.73 bits per heavy atom. The molecule has 0 atom stereocenters. The van der Waals surface area contributed by atoms with Gasteiger partial charge in [-0.1, -0.05) is 6.07 Å². The zero-order chi connectivity index (χ0) is 17.8. The third-order valence-electron chi connectivity index (χ3n) is 3.87. The maximum Gasteiger partial charge on any atom is 0.203 e. The Morgan fingerprint density at radius 3 is 2.42 bits per heavy atom. The van der Waals surface area contributed by atoms with Crippen LogP contribution in [0.5, 0.6) is 17.2 Å². The van der Waals surface area contributed by atoms with Gasteiger partial charge >= 0.3 is 0 Å². The number of benzene rings is 1. The molecule has 0 fully saturated rings. The molecule has 0 aliphatic carbocycles. The minimum atomic E-state index is 0. The van der Waals surface area contributed by atoms with Crippen LogP contribution >= 0.6 is 28.3 Å². The number of hydrogen-bond acceptors (Lipinski definition) is 5. The average Bonchev–Trinajstić information content (AvgIpc) is 3.02. The van der Waals surface area contributed by atoms with Crippen LogP contribution in [0.15, 0.2) is 41.1 Å². The molecule has 0 amide bonds. The summed E-state index contributed by atoms with van der Waals surface area (Å²) in [6.45, 7) is 1.28. The minimum absolute atomic E-state index is 0. The first-order valence-corrected chi connectivity index (χ1v) is 8.57. The van der Waals surface area contributed by atoms with E-state index in [1.54, 1.807) is 21.3 Å². The SMILES string of the molecule is COc1ccc(CNCc2cn3cc(Br)ccc3n2)c(OC)c1OC.Cl. The fourth-order valence-corrected chi connectivity index (χ4v) is 3.08. The monoisotopic (exact) mass is 441 g/mol. The lowest BCUT2D eigenvalue weighted by molar-refractivity contribution is 0.321. The van der Waals surface area contributed by atoms with Crippen LogP contribution in [-0.2, 0) is 13.1 Å². The number of imidazole rings is 1. The fourth-order valence-electron chi connectivity index (χ4n) is 2.73. The molecule has 26 heavy (non-hydrogen) atoms. The predicted molar refractivity (Wildman–Crippen MR) is 107 cm³/mol. The summed E-state index contributed by atoms with van der Waals surface area (Å²) in [5.74, 6) is 1.92. The Bertz CT molecular complexity index is 885. The van der Waals surface area contributed by atoms with Gasteiger partial charge in [0.15, 0.2) is 11.5 Å². The molecule has 0 saturated carbocycles. The molecule has 0 bridgehead atoms. The van der Waals surface area contributed by atoms with Gasteiger partial charge in [0.1, 0.15) is 5.65 Å². The molecule has 6 nitrogen and oxygen atoms in total. The zero-order valence-corrected chi connectivity index (χ0v) is 17.2. The van der Waals surface area contributed by atoms with Crippen LogP contribution in [0.1, 0.15) is 11.3 Å². The number of nitrogens with one attached hydrogen (secondary N) is 1. The van der Waals surface area contributed by atoms with Crippen LogP contribution in [0.25, 0.3) is 5.65 Å². The van der Waals surface area contributed by atoms with Gasteiger partial charge in [0.05, 0.1) is 27.0 Å². The van der Waals surface area contributed by atoms with Crippen LogP contribution in [0, 0.1) is 0 Å². The standard InChI is InChI=1S/C18H20BrN3O3.ClH/c1-23-15-6-4-12(17(24-2)18(15)25-3)8-20-9-14-11-22-10-13(19)5-7-16(22)21-14;/h4-7,10-11,20H,8-9H2,1-3H3;1H. The summed E-state index contributed by atoms with van der Waals surface area (Å²) in [5, 5.41) is 3.39. The second-order valence-electron chi connectivity index (χ2n) is 5.44. The molecule has 1 aromatic carbocycles. The molecule has 0 aliphatic rings. The van der Waals surface area contributed by atoms with Gasteiger partial charge < -0.3 is 23.9 Å². The van der Waals surface area contributed by atoms with Gasteiger partial charge in [0.2, 0.25) is 5.75 Å². The predicted octanol–water partition coefficient (Wildman–Crippen LogP) is 3.83. The fraction of sp³-hybridized carbons (Fsp3) is 0.278. The summed E-state index contributed by atoms with van der Waals surface area (Å²) in [6, 6.07) is 7.80. The van der Waals surface area contributed by atoms with E-state index in [4.69, 9.17) is 14.2 Å². The highest BCUT2D eigenvalue weighted by molar-refractivity contribution is 9.10. The first-order valence-electron chi connectivity index (χ1n) is 7.78. The van der Waals surface area contributed by atoms with Crippen molar-refractivity contribution in [2.45, 2.75) is 13.1 Å². The number of hydrogen-bond donors (Lipinski definition) is 1. The zero-order valence-electron chi connectivity index (χ0n) is 14.8. The van der Waals surface area contributed by atoms with Crippen molar-refractivity contribution in [1.82, 2.24) is 14.7 Å². The van der Waals surface area contributed by atoms with Gasteiger partial charge in [0.25, 0.3) is 0 Å². The molecule has 0 aliphatic heterocycles. The maximum absolute atomic E-state index is 5.50. The van der Waals surface area contributed by atoms with Crippen molar-refractivity contribution in [3.63, 3.8) is 0 Å².